The molecule has 3 nitrogen and oxygen atoms in total. The number of hydrogen-bond donors (Lipinski definition) is 2. The van der Waals surface area contributed by atoms with Gasteiger partial charge in [-0.2, -0.15) is 0 Å². The number of aliphatic hydroxyl groups excluding tert-OH is 1. The van der Waals surface area contributed by atoms with Crippen LogP contribution in [-0.4, -0.2) is 23.2 Å². The van der Waals surface area contributed by atoms with Crippen LogP contribution < -0.4 is 5.32 Å². The zero-order chi connectivity index (χ0) is 13.0. The minimum absolute atomic E-state index is 0.109. The van der Waals surface area contributed by atoms with Gasteiger partial charge in [0.15, 0.2) is 0 Å². The average molecular weight is 312 g/mol. The van der Waals surface area contributed by atoms with Crippen molar-refractivity contribution in [3.63, 3.8) is 0 Å². The first-order valence-electron chi connectivity index (χ1n) is 6.41. The van der Waals surface area contributed by atoms with Crippen molar-refractivity contribution in [1.29, 1.82) is 0 Å². The number of rotatable bonds is 2. The summed E-state index contributed by atoms with van der Waals surface area (Å²) in [6, 6.07) is 7.18. The molecule has 1 amide bonds. The first-order valence-corrected chi connectivity index (χ1v) is 7.20. The van der Waals surface area contributed by atoms with Gasteiger partial charge in [0, 0.05) is 10.0 Å². The summed E-state index contributed by atoms with van der Waals surface area (Å²) < 4.78 is 0.886. The third-order valence-electron chi connectivity index (χ3n) is 3.38. The molecule has 2 atom stereocenters. The maximum absolute atomic E-state index is 12.1. The predicted molar refractivity (Wildman–Crippen MR) is 74.5 cm³/mol. The number of carbonyl (C=O) groups excluding carboxylic acids is 1. The molecule has 0 aromatic heterocycles. The Morgan fingerprint density at radius 2 is 2.06 bits per heavy atom. The molecule has 0 spiro atoms. The lowest BCUT2D eigenvalue weighted by Crippen LogP contribution is -2.42. The number of aliphatic hydroxyl groups is 1. The van der Waals surface area contributed by atoms with Gasteiger partial charge < -0.3 is 10.4 Å². The lowest BCUT2D eigenvalue weighted by atomic mass is 10.1. The highest BCUT2D eigenvalue weighted by Crippen LogP contribution is 2.19. The molecular formula is C14H18BrNO2. The quantitative estimate of drug-likeness (QED) is 0.825. The van der Waals surface area contributed by atoms with E-state index in [0.717, 1.165) is 36.6 Å². The van der Waals surface area contributed by atoms with Gasteiger partial charge in [-0.15, -0.1) is 0 Å². The predicted octanol–water partition coefficient (Wildman–Crippen LogP) is 2.87. The Bertz CT molecular complexity index is 422. The van der Waals surface area contributed by atoms with E-state index >= 15 is 0 Å². The molecule has 1 aromatic carbocycles. The SMILES string of the molecule is O=C(NC1CCCCCC1O)c1cccc(Br)c1. The molecule has 1 aliphatic carbocycles. The lowest BCUT2D eigenvalue weighted by Gasteiger charge is -2.21. The lowest BCUT2D eigenvalue weighted by molar-refractivity contribution is 0.0818. The average Bonchev–Trinajstić information content (AvgIpc) is 2.55. The molecule has 0 heterocycles. The van der Waals surface area contributed by atoms with Gasteiger partial charge in [0.05, 0.1) is 12.1 Å². The Balaban J connectivity index is 2.01. The molecule has 2 unspecified atom stereocenters. The third kappa shape index (κ3) is 3.56. The molecule has 0 radical (unpaired) electrons. The van der Waals surface area contributed by atoms with Gasteiger partial charge in [-0.3, -0.25) is 4.79 Å². The second-order valence-corrected chi connectivity index (χ2v) is 5.71. The van der Waals surface area contributed by atoms with Crippen molar-refractivity contribution >= 4 is 21.8 Å². The van der Waals surface area contributed by atoms with Gasteiger partial charge in [0.25, 0.3) is 5.91 Å². The van der Waals surface area contributed by atoms with Crippen molar-refractivity contribution in [3.8, 4) is 0 Å². The van der Waals surface area contributed by atoms with E-state index in [1.54, 1.807) is 12.1 Å². The second kappa shape index (κ2) is 6.34. The van der Waals surface area contributed by atoms with Crippen LogP contribution >= 0.6 is 15.9 Å². The fourth-order valence-corrected chi connectivity index (χ4v) is 2.74. The monoisotopic (exact) mass is 311 g/mol. The topological polar surface area (TPSA) is 49.3 Å². The van der Waals surface area contributed by atoms with Crippen molar-refractivity contribution in [2.24, 2.45) is 0 Å². The summed E-state index contributed by atoms with van der Waals surface area (Å²) in [4.78, 5) is 12.1. The van der Waals surface area contributed by atoms with E-state index in [9.17, 15) is 9.90 Å². The molecule has 1 aromatic rings. The van der Waals surface area contributed by atoms with Crippen LogP contribution in [0.25, 0.3) is 0 Å². The summed E-state index contributed by atoms with van der Waals surface area (Å²) in [6.07, 6.45) is 4.49. The minimum Gasteiger partial charge on any atom is -0.391 e. The normalized spacial score (nSPS) is 24.3. The van der Waals surface area contributed by atoms with Crippen LogP contribution in [0.2, 0.25) is 0 Å². The standard InChI is InChI=1S/C14H18BrNO2/c15-11-6-4-5-10(9-11)14(18)16-12-7-2-1-3-8-13(12)17/h4-6,9,12-13,17H,1-3,7-8H2,(H,16,18). The Morgan fingerprint density at radius 3 is 2.83 bits per heavy atom. The fraction of sp³-hybridized carbons (Fsp3) is 0.500. The van der Waals surface area contributed by atoms with Crippen LogP contribution in [0.4, 0.5) is 0 Å². The Kier molecular flexibility index (Phi) is 4.78. The van der Waals surface area contributed by atoms with Gasteiger partial charge >= 0.3 is 0 Å². The van der Waals surface area contributed by atoms with Gasteiger partial charge in [-0.05, 0) is 31.0 Å². The van der Waals surface area contributed by atoms with Crippen molar-refractivity contribution in [2.45, 2.75) is 44.2 Å². The van der Waals surface area contributed by atoms with Crippen LogP contribution in [0.5, 0.6) is 0 Å². The number of benzene rings is 1. The van der Waals surface area contributed by atoms with E-state index in [4.69, 9.17) is 0 Å². The number of nitrogens with one attached hydrogen (secondary N) is 1. The molecule has 4 heteroatoms. The fourth-order valence-electron chi connectivity index (χ4n) is 2.34. The Morgan fingerprint density at radius 1 is 1.28 bits per heavy atom. The molecule has 1 aliphatic rings. The summed E-state index contributed by atoms with van der Waals surface area (Å²) in [5.74, 6) is -0.109. The van der Waals surface area contributed by atoms with Crippen molar-refractivity contribution in [1.82, 2.24) is 5.32 Å². The number of hydrogen-bond acceptors (Lipinski definition) is 2. The molecule has 2 N–H and O–H groups in total. The largest absolute Gasteiger partial charge is 0.391 e. The molecule has 1 fully saturated rings. The first-order chi connectivity index (χ1) is 8.66. The van der Waals surface area contributed by atoms with Crippen LogP contribution in [0, 0.1) is 0 Å². The van der Waals surface area contributed by atoms with E-state index in [1.807, 2.05) is 12.1 Å². The zero-order valence-electron chi connectivity index (χ0n) is 10.2. The van der Waals surface area contributed by atoms with Crippen molar-refractivity contribution < 1.29 is 9.90 Å². The highest BCUT2D eigenvalue weighted by molar-refractivity contribution is 9.10. The minimum atomic E-state index is -0.413. The van der Waals surface area contributed by atoms with Crippen molar-refractivity contribution in [3.05, 3.63) is 34.3 Å². The summed E-state index contributed by atoms with van der Waals surface area (Å²) >= 11 is 3.35. The first kappa shape index (κ1) is 13.6. The van der Waals surface area contributed by atoms with Crippen LogP contribution in [0.15, 0.2) is 28.7 Å². The van der Waals surface area contributed by atoms with E-state index < -0.39 is 6.10 Å². The highest BCUT2D eigenvalue weighted by atomic mass is 79.9. The van der Waals surface area contributed by atoms with Crippen LogP contribution in [0.1, 0.15) is 42.5 Å². The molecule has 1 saturated carbocycles. The Labute approximate surface area is 116 Å². The molecule has 0 saturated heterocycles. The summed E-state index contributed by atoms with van der Waals surface area (Å²) in [6.45, 7) is 0. The highest BCUT2D eigenvalue weighted by Gasteiger charge is 2.23. The van der Waals surface area contributed by atoms with E-state index in [-0.39, 0.29) is 11.9 Å². The smallest absolute Gasteiger partial charge is 0.251 e. The number of halogens is 1. The molecular weight excluding hydrogens is 294 g/mol. The van der Waals surface area contributed by atoms with Gasteiger partial charge in [-0.25, -0.2) is 0 Å². The number of carbonyl (C=O) groups is 1. The second-order valence-electron chi connectivity index (χ2n) is 4.80. The molecule has 0 bridgehead atoms. The zero-order valence-corrected chi connectivity index (χ0v) is 11.8. The van der Waals surface area contributed by atoms with E-state index in [0.29, 0.717) is 5.56 Å². The third-order valence-corrected chi connectivity index (χ3v) is 3.88. The number of amides is 1. The van der Waals surface area contributed by atoms with Crippen LogP contribution in [0.3, 0.4) is 0 Å². The van der Waals surface area contributed by atoms with Gasteiger partial charge in [0.1, 0.15) is 0 Å². The van der Waals surface area contributed by atoms with Crippen LogP contribution in [-0.2, 0) is 0 Å². The molecule has 18 heavy (non-hydrogen) atoms. The summed E-state index contributed by atoms with van der Waals surface area (Å²) in [5, 5.41) is 12.9. The van der Waals surface area contributed by atoms with E-state index in [2.05, 4.69) is 21.2 Å². The maximum atomic E-state index is 12.1. The summed E-state index contributed by atoms with van der Waals surface area (Å²) in [5.41, 5.74) is 0.626. The molecule has 0 aliphatic heterocycles. The van der Waals surface area contributed by atoms with Gasteiger partial charge in [-0.1, -0.05) is 41.3 Å². The Hall–Kier alpha value is -0.870. The van der Waals surface area contributed by atoms with Crippen molar-refractivity contribution in [2.75, 3.05) is 0 Å². The molecule has 98 valence electrons. The summed E-state index contributed by atoms with van der Waals surface area (Å²) in [7, 11) is 0. The van der Waals surface area contributed by atoms with Gasteiger partial charge in [0.2, 0.25) is 0 Å². The maximum Gasteiger partial charge on any atom is 0.251 e. The van der Waals surface area contributed by atoms with E-state index in [1.165, 1.54) is 0 Å². The molecule has 2 rings (SSSR count).